The molecular weight excluding hydrogens is 1650 g/mol. The third kappa shape index (κ3) is 22.8. The van der Waals surface area contributed by atoms with Crippen molar-refractivity contribution in [3.8, 4) is 28.7 Å². The molecule has 5 aromatic heterocycles. The minimum atomic E-state index is -4.42. The average Bonchev–Trinajstić information content (AvgIpc) is 0.799. The van der Waals surface area contributed by atoms with Crippen LogP contribution in [0.5, 0.6) is 28.7 Å². The molecule has 0 aliphatic carbocycles. The van der Waals surface area contributed by atoms with Crippen molar-refractivity contribution >= 4 is 168 Å². The zero-order chi connectivity index (χ0) is 85.2. The van der Waals surface area contributed by atoms with Crippen molar-refractivity contribution in [1.82, 2.24) is 0 Å². The van der Waals surface area contributed by atoms with Gasteiger partial charge in [0.15, 0.2) is 17.3 Å². The number of benzene rings is 10. The quantitative estimate of drug-likeness (QED) is 0.0404. The first-order valence-electron chi connectivity index (χ1n) is 36.2. The Morgan fingerprint density at radius 2 is 0.639 bits per heavy atom. The van der Waals surface area contributed by atoms with Crippen molar-refractivity contribution in [1.29, 1.82) is 0 Å². The molecule has 0 saturated heterocycles. The number of Topliss-reactive ketones (excluding diaryl/α,β-unsaturated/α-hetero) is 2. The minimum Gasteiger partial charge on any atom is -0.497 e. The highest BCUT2D eigenvalue weighted by Gasteiger charge is 2.31. The van der Waals surface area contributed by atoms with Crippen LogP contribution in [-0.2, 0) is 6.18 Å². The summed E-state index contributed by atoms with van der Waals surface area (Å²) in [5.74, 6) is 2.96. The van der Waals surface area contributed by atoms with Crippen molar-refractivity contribution in [2.24, 2.45) is 25.0 Å². The van der Waals surface area contributed by atoms with Gasteiger partial charge >= 0.3 is 6.18 Å². The topological polar surface area (TPSA) is 212 Å². The number of ketones is 2. The number of hydrogen-bond donors (Lipinski definition) is 0. The second-order valence-corrected chi connectivity index (χ2v) is 28.9. The highest BCUT2D eigenvalue weighted by atomic mass is 79.9. The van der Waals surface area contributed by atoms with Crippen LogP contribution in [0.25, 0.3) is 59.7 Å². The largest absolute Gasteiger partial charge is 0.497 e. The molecule has 15 aromatic rings. The predicted molar refractivity (Wildman–Crippen MR) is 468 cm³/mol. The van der Waals surface area contributed by atoms with Crippen LogP contribution in [0.1, 0.15) is 83.2 Å². The van der Waals surface area contributed by atoms with E-state index in [-0.39, 0.29) is 34.0 Å². The van der Waals surface area contributed by atoms with E-state index in [0.29, 0.717) is 99.8 Å². The summed E-state index contributed by atoms with van der Waals surface area (Å²) in [7, 11) is 8.01. The molecule has 0 atom stereocenters. The van der Waals surface area contributed by atoms with Crippen LogP contribution in [0, 0.1) is 19.3 Å². The van der Waals surface area contributed by atoms with Crippen molar-refractivity contribution in [3.05, 3.63) is 331 Å². The molecule has 0 radical (unpaired) electrons. The lowest BCUT2D eigenvalue weighted by Crippen LogP contribution is -2.13. The highest BCUT2D eigenvalue weighted by Crippen LogP contribution is 2.33. The first-order chi connectivity index (χ1) is 57.1. The monoisotopic (exact) mass is 1720 g/mol. The zero-order valence-electron chi connectivity index (χ0n) is 65.8. The molecule has 18 nitrogen and oxygen atoms in total. The first kappa shape index (κ1) is 86.4. The average molecular weight is 1720 g/mol. The SMILES string of the molecule is COc1ccc(N=c2oc3ccc(Br)cc3cc2C(C)=S)cc1.COc1ccc(N=c2oc3ccc(C(F)(F)F)cc3cc2C(C)=S)cc1.COc1ccc(N=c2oc3ccc(C)cc3cc2C(C)=S)cc1.COc1ccc(N=c2oc3ccc(F)cc3cc2C(C)=O)cc1.[C-]#[N+]c1ccc2oc(=Nc3ccc(OC)cc3)c(C(C)=O)cc2c1. The Balaban J connectivity index is 0.000000146. The molecule has 0 amide bonds. The summed E-state index contributed by atoms with van der Waals surface area (Å²) in [5, 5.41) is 3.53. The first-order valence-corrected chi connectivity index (χ1v) is 38.2. The summed E-state index contributed by atoms with van der Waals surface area (Å²) in [4.78, 5) is 51.6. The van der Waals surface area contributed by atoms with Crippen LogP contribution >= 0.6 is 52.6 Å². The second kappa shape index (κ2) is 39.5. The van der Waals surface area contributed by atoms with Gasteiger partial charge in [-0.3, -0.25) is 9.59 Å². The Labute approximate surface area is 704 Å². The van der Waals surface area contributed by atoms with Gasteiger partial charge in [0.1, 0.15) is 62.5 Å². The van der Waals surface area contributed by atoms with Crippen molar-refractivity contribution in [3.63, 3.8) is 0 Å². The summed E-state index contributed by atoms with van der Waals surface area (Å²) in [5.41, 5.74) is 11.8. The molecule has 0 fully saturated rings. The zero-order valence-corrected chi connectivity index (χ0v) is 69.8. The van der Waals surface area contributed by atoms with Crippen LogP contribution in [0.2, 0.25) is 0 Å². The fraction of sp³-hybridized carbons (Fsp3) is 0.129. The predicted octanol–water partition coefficient (Wildman–Crippen LogP) is 23.8. The Kier molecular flexibility index (Phi) is 28.7. The number of carbonyl (C=O) groups excluding carboxylic acids is 2. The molecule has 0 unspecified atom stereocenters. The third-order valence-corrected chi connectivity index (χ3v) is 18.8. The lowest BCUT2D eigenvalue weighted by molar-refractivity contribution is -0.137. The van der Waals surface area contributed by atoms with Crippen LogP contribution in [-0.4, -0.2) is 61.7 Å². The highest BCUT2D eigenvalue weighted by molar-refractivity contribution is 9.10. The molecule has 5 heterocycles. The van der Waals surface area contributed by atoms with E-state index in [4.69, 9.17) is 89.0 Å². The number of fused-ring (bicyclic) bond motifs is 5. The van der Waals surface area contributed by atoms with Crippen LogP contribution in [0.4, 0.5) is 51.7 Å². The molecule has 0 aliphatic rings. The number of ether oxygens (including phenoxy) is 5. The number of nitrogens with zero attached hydrogens (tertiary/aromatic N) is 6. The van der Waals surface area contributed by atoms with E-state index in [1.807, 2.05) is 105 Å². The second-order valence-electron chi connectivity index (χ2n) is 26.1. The molecule has 15 rings (SSSR count). The fourth-order valence-electron chi connectivity index (χ4n) is 11.5. The van der Waals surface area contributed by atoms with E-state index >= 15 is 0 Å². The standard InChI is InChI=1S/C19H14F3NO2S.C19H14N2O3.C19H17NO2S.C18H14BrNO2S.C18H14FNO3/c1-11(26)16-10-12-9-13(19(20,21)22)3-8-17(12)25-18(16)23-14-4-6-15(24-2)7-5-14;1-12(22)17-11-13-10-15(20-2)6-9-18(13)24-19(17)21-14-4-7-16(23-3)8-5-14;1-12-4-9-18-14(10-12)11-17(13(2)23)19(22-18)20-15-5-7-16(21-3)8-6-15;1-11(23)16-10-12-9-13(19)3-8-17(12)22-18(16)20-14-4-6-15(21-2)7-5-14;1-11(21)16-10-12-9-13(19)3-8-17(12)23-18(16)20-14-4-6-15(22-2)7-5-14/h3-10H,1-2H3;4-11H,1,3H3;4-11H,1-3H3;2*3-10H,1-2H3. The van der Waals surface area contributed by atoms with Gasteiger partial charge in [-0.25, -0.2) is 34.2 Å². The summed E-state index contributed by atoms with van der Waals surface area (Å²) in [6, 6.07) is 69.5. The molecule has 0 spiro atoms. The number of rotatable bonds is 15. The molecule has 0 bridgehead atoms. The Bertz CT molecular complexity index is 6420. The minimum absolute atomic E-state index is 0.152. The summed E-state index contributed by atoms with van der Waals surface area (Å²) in [6.45, 7) is 17.4. The summed E-state index contributed by atoms with van der Waals surface area (Å²) < 4.78 is 108. The molecule has 10 aromatic carbocycles. The van der Waals surface area contributed by atoms with Gasteiger partial charge in [0.2, 0.25) is 27.8 Å². The number of hydrogen-bond acceptors (Lipinski definition) is 20. The molecular formula is C93H73BrF4N6O12S3. The fourth-order valence-corrected chi connectivity index (χ4v) is 12.3. The van der Waals surface area contributed by atoms with E-state index in [0.717, 1.165) is 88.0 Å². The van der Waals surface area contributed by atoms with E-state index in [1.165, 1.54) is 43.7 Å². The third-order valence-electron chi connectivity index (χ3n) is 17.7. The lowest BCUT2D eigenvalue weighted by atomic mass is 10.1. The van der Waals surface area contributed by atoms with Gasteiger partial charge in [-0.05, 0) is 272 Å². The van der Waals surface area contributed by atoms with E-state index in [9.17, 15) is 27.2 Å². The van der Waals surface area contributed by atoms with Gasteiger partial charge in [0.05, 0.1) is 104 Å². The lowest BCUT2D eigenvalue weighted by Gasteiger charge is -2.08. The van der Waals surface area contributed by atoms with Crippen LogP contribution in [0.3, 0.4) is 0 Å². The van der Waals surface area contributed by atoms with Crippen LogP contribution < -0.4 is 51.5 Å². The van der Waals surface area contributed by atoms with E-state index in [1.54, 1.807) is 152 Å². The van der Waals surface area contributed by atoms with Gasteiger partial charge in [0.25, 0.3) is 0 Å². The van der Waals surface area contributed by atoms with Crippen molar-refractivity contribution in [2.45, 2.75) is 47.7 Å². The van der Waals surface area contributed by atoms with Gasteiger partial charge in [-0.2, -0.15) is 13.2 Å². The maximum atomic E-state index is 13.3. The normalized spacial score (nSPS) is 11.8. The van der Waals surface area contributed by atoms with Gasteiger partial charge in [0, 0.05) is 46.0 Å². The molecule has 119 heavy (non-hydrogen) atoms. The Hall–Kier alpha value is -13.5. The van der Waals surface area contributed by atoms with Crippen molar-refractivity contribution < 1.29 is 72.9 Å². The summed E-state index contributed by atoms with van der Waals surface area (Å²) in [6.07, 6.45) is -4.42. The van der Waals surface area contributed by atoms with Crippen molar-refractivity contribution in [2.75, 3.05) is 35.5 Å². The number of carbonyl (C=O) groups is 2. The number of thiocarbonyl (C=S) groups is 3. The molecule has 600 valence electrons. The van der Waals surface area contributed by atoms with Gasteiger partial charge in [-0.1, -0.05) is 70.3 Å². The van der Waals surface area contributed by atoms with Gasteiger partial charge < -0.3 is 45.8 Å². The molecule has 0 saturated carbocycles. The van der Waals surface area contributed by atoms with Crippen LogP contribution in [0.15, 0.2) is 294 Å². The maximum Gasteiger partial charge on any atom is 0.416 e. The summed E-state index contributed by atoms with van der Waals surface area (Å²) >= 11 is 19.4. The molecule has 26 heteroatoms. The van der Waals surface area contributed by atoms with E-state index < -0.39 is 11.7 Å². The molecule has 0 N–H and O–H groups in total. The number of methoxy groups -OCH3 is 5. The van der Waals surface area contributed by atoms with Gasteiger partial charge in [-0.15, -0.1) is 0 Å². The number of aryl methyl sites for hydroxylation is 1. The smallest absolute Gasteiger partial charge is 0.416 e. The number of alkyl halides is 3. The Morgan fingerprint density at radius 3 is 0.958 bits per heavy atom. The Morgan fingerprint density at radius 1 is 0.361 bits per heavy atom. The maximum absolute atomic E-state index is 13.3. The number of halogens is 5. The molecule has 0 aliphatic heterocycles. The van der Waals surface area contributed by atoms with E-state index in [2.05, 4.69) is 58.7 Å².